The minimum absolute atomic E-state index is 0.0122. The number of hydrogen-bond donors (Lipinski definition) is 2. The number of hydrogen-bond acceptors (Lipinski definition) is 6. The molecule has 1 amide bonds. The van der Waals surface area contributed by atoms with Crippen LogP contribution in [-0.4, -0.2) is 59.8 Å². The number of nitrogens with zero attached hydrogens (tertiary/aromatic N) is 2. The maximum Gasteiger partial charge on any atom is 0.225 e. The van der Waals surface area contributed by atoms with Crippen molar-refractivity contribution in [3.8, 4) is 0 Å². The fourth-order valence-corrected chi connectivity index (χ4v) is 7.54. The zero-order valence-electron chi connectivity index (χ0n) is 19.5. The Hall–Kier alpha value is -1.18. The van der Waals surface area contributed by atoms with Gasteiger partial charge >= 0.3 is 0 Å². The van der Waals surface area contributed by atoms with Crippen molar-refractivity contribution in [1.29, 1.82) is 0 Å². The number of amides is 1. The van der Waals surface area contributed by atoms with E-state index in [-0.39, 0.29) is 35.0 Å². The van der Waals surface area contributed by atoms with Crippen LogP contribution in [0.4, 0.5) is 5.13 Å². The van der Waals surface area contributed by atoms with Gasteiger partial charge in [-0.05, 0) is 42.9 Å². The second-order valence-corrected chi connectivity index (χ2v) is 11.3. The van der Waals surface area contributed by atoms with Gasteiger partial charge in [0.15, 0.2) is 5.13 Å². The number of unbranched alkanes of at least 4 members (excludes halogenated alkanes) is 1. The first-order chi connectivity index (χ1) is 14.9. The minimum atomic E-state index is -0.472. The number of carbonyl (C=O) groups excluding carboxylic acids is 1. The first-order valence-electron chi connectivity index (χ1n) is 12.1. The summed E-state index contributed by atoms with van der Waals surface area (Å²) < 4.78 is 5.41. The highest BCUT2D eigenvalue weighted by atomic mass is 32.1. The molecular formula is C24H39N3O3S. The molecule has 2 N–H and O–H groups in total. The van der Waals surface area contributed by atoms with Gasteiger partial charge in [-0.25, -0.2) is 4.98 Å². The van der Waals surface area contributed by atoms with Gasteiger partial charge in [0.1, 0.15) is 0 Å². The monoisotopic (exact) mass is 449 g/mol. The average Bonchev–Trinajstić information content (AvgIpc) is 3.16. The molecule has 2 fully saturated rings. The Labute approximate surface area is 190 Å². The molecule has 6 nitrogen and oxygen atoms in total. The number of ether oxygens (including phenoxy) is 1. The Morgan fingerprint density at radius 1 is 1.42 bits per heavy atom. The van der Waals surface area contributed by atoms with Crippen LogP contribution in [0.1, 0.15) is 69.9 Å². The van der Waals surface area contributed by atoms with Gasteiger partial charge in [0.05, 0.1) is 25.0 Å². The molecule has 1 unspecified atom stereocenters. The largest absolute Gasteiger partial charge is 0.392 e. The molecule has 1 aromatic rings. The first-order valence-corrected chi connectivity index (χ1v) is 13.0. The number of carbonyl (C=O) groups is 1. The molecule has 0 aromatic carbocycles. The molecule has 0 bridgehead atoms. The van der Waals surface area contributed by atoms with Gasteiger partial charge in [-0.15, -0.1) is 11.3 Å². The third kappa shape index (κ3) is 4.38. The minimum Gasteiger partial charge on any atom is -0.392 e. The van der Waals surface area contributed by atoms with E-state index in [1.807, 2.05) is 11.8 Å². The van der Waals surface area contributed by atoms with Crippen molar-refractivity contribution >= 4 is 22.4 Å². The lowest BCUT2D eigenvalue weighted by Gasteiger charge is -2.53. The van der Waals surface area contributed by atoms with E-state index in [9.17, 15) is 9.90 Å². The van der Waals surface area contributed by atoms with Crippen LogP contribution in [-0.2, 0) is 16.0 Å². The molecule has 7 heteroatoms. The lowest BCUT2D eigenvalue weighted by molar-refractivity contribution is -0.148. The number of aromatic nitrogens is 1. The van der Waals surface area contributed by atoms with E-state index in [0.717, 1.165) is 37.4 Å². The molecule has 6 atom stereocenters. The van der Waals surface area contributed by atoms with Crippen LogP contribution in [0.15, 0.2) is 0 Å². The van der Waals surface area contributed by atoms with Crippen LogP contribution in [0, 0.1) is 23.2 Å². The van der Waals surface area contributed by atoms with Gasteiger partial charge in [0.2, 0.25) is 5.91 Å². The number of morpholine rings is 1. The van der Waals surface area contributed by atoms with Crippen molar-refractivity contribution in [2.24, 2.45) is 23.2 Å². The number of nitrogens with one attached hydrogen (secondary N) is 1. The summed E-state index contributed by atoms with van der Waals surface area (Å²) in [7, 11) is 0. The van der Waals surface area contributed by atoms with Crippen LogP contribution in [0.5, 0.6) is 0 Å². The molecule has 2 aliphatic carbocycles. The highest BCUT2D eigenvalue weighted by Crippen LogP contribution is 2.57. The topological polar surface area (TPSA) is 74.7 Å². The van der Waals surface area contributed by atoms with Crippen molar-refractivity contribution in [2.75, 3.05) is 38.2 Å². The number of anilines is 1. The summed E-state index contributed by atoms with van der Waals surface area (Å²) in [5, 5.41) is 16.1. The maximum absolute atomic E-state index is 13.1. The zero-order valence-corrected chi connectivity index (χ0v) is 20.3. The lowest BCUT2D eigenvalue weighted by Crippen LogP contribution is -2.54. The summed E-state index contributed by atoms with van der Waals surface area (Å²) in [6, 6.07) is 0. The predicted molar refractivity (Wildman–Crippen MR) is 125 cm³/mol. The Morgan fingerprint density at radius 2 is 2.16 bits per heavy atom. The summed E-state index contributed by atoms with van der Waals surface area (Å²) in [6.45, 7) is 12.3. The van der Waals surface area contributed by atoms with Crippen LogP contribution in [0.2, 0.25) is 0 Å². The van der Waals surface area contributed by atoms with Gasteiger partial charge in [-0.2, -0.15) is 0 Å². The molecule has 1 saturated carbocycles. The fourth-order valence-electron chi connectivity index (χ4n) is 6.25. The van der Waals surface area contributed by atoms with Crippen LogP contribution >= 0.6 is 11.3 Å². The average molecular weight is 450 g/mol. The van der Waals surface area contributed by atoms with E-state index in [4.69, 9.17) is 9.72 Å². The summed E-state index contributed by atoms with van der Waals surface area (Å²) >= 11 is 1.80. The quantitative estimate of drug-likeness (QED) is 0.644. The zero-order chi connectivity index (χ0) is 22.2. The predicted octanol–water partition coefficient (Wildman–Crippen LogP) is 3.90. The lowest BCUT2D eigenvalue weighted by atomic mass is 9.53. The second-order valence-electron chi connectivity index (χ2n) is 10.2. The van der Waals surface area contributed by atoms with Gasteiger partial charge in [0.25, 0.3) is 0 Å². The number of aliphatic hydroxyl groups excluding tert-OH is 1. The molecule has 1 saturated heterocycles. The summed E-state index contributed by atoms with van der Waals surface area (Å²) in [4.78, 5) is 21.4. The van der Waals surface area contributed by atoms with Gasteiger partial charge in [-0.3, -0.25) is 4.79 Å². The smallest absolute Gasteiger partial charge is 0.225 e. The molecule has 3 aliphatic rings. The molecule has 1 aromatic heterocycles. The summed E-state index contributed by atoms with van der Waals surface area (Å²) in [6.07, 6.45) is 4.80. The Kier molecular flexibility index (Phi) is 6.94. The van der Waals surface area contributed by atoms with Gasteiger partial charge in [0, 0.05) is 36.3 Å². The number of fused-ring (bicyclic) bond motifs is 2. The van der Waals surface area contributed by atoms with E-state index in [2.05, 4.69) is 26.1 Å². The van der Waals surface area contributed by atoms with E-state index < -0.39 is 6.10 Å². The van der Waals surface area contributed by atoms with Crippen LogP contribution < -0.4 is 5.32 Å². The maximum atomic E-state index is 13.1. The van der Waals surface area contributed by atoms with Crippen LogP contribution in [0.3, 0.4) is 0 Å². The molecule has 31 heavy (non-hydrogen) atoms. The van der Waals surface area contributed by atoms with Gasteiger partial charge < -0.3 is 20.1 Å². The summed E-state index contributed by atoms with van der Waals surface area (Å²) in [5.74, 6) is 0.377. The molecule has 1 aliphatic heterocycles. The third-order valence-electron chi connectivity index (χ3n) is 8.08. The molecular weight excluding hydrogens is 410 g/mol. The number of rotatable bonds is 6. The number of aliphatic hydroxyl groups is 1. The van der Waals surface area contributed by atoms with Crippen molar-refractivity contribution in [3.05, 3.63) is 10.6 Å². The van der Waals surface area contributed by atoms with Gasteiger partial charge in [-0.1, -0.05) is 34.1 Å². The highest BCUT2D eigenvalue weighted by molar-refractivity contribution is 7.15. The van der Waals surface area contributed by atoms with Crippen molar-refractivity contribution in [2.45, 2.75) is 71.8 Å². The van der Waals surface area contributed by atoms with E-state index in [0.29, 0.717) is 26.3 Å². The van der Waals surface area contributed by atoms with Crippen molar-refractivity contribution < 1.29 is 14.6 Å². The Balaban J connectivity index is 1.51. The van der Waals surface area contributed by atoms with Crippen LogP contribution in [0.25, 0.3) is 0 Å². The standard InChI is InChI=1S/C24H39N3O3S/c1-5-6-9-25-23-26-20-16(3)19-21(28)17(7-8-24(19,4)14-18(20)31-23)15(2)22(29)27-10-12-30-13-11-27/h15-17,19,21,28H,5-14H2,1-4H3,(H,25,26)/t15-,16-,17?,19+,21-,24-/m0/s1. The molecule has 0 spiro atoms. The summed E-state index contributed by atoms with van der Waals surface area (Å²) in [5.41, 5.74) is 1.23. The molecule has 0 radical (unpaired) electrons. The third-order valence-corrected chi connectivity index (χ3v) is 9.11. The number of thiazole rings is 1. The molecule has 4 rings (SSSR count). The normalized spacial score (nSPS) is 34.0. The van der Waals surface area contributed by atoms with Crippen molar-refractivity contribution in [3.63, 3.8) is 0 Å². The SMILES string of the molecule is CCCCNc1nc2c(s1)C[C@]1(C)CCC([C@H](C)C(=O)N3CCOCC3)[C@H](O)[C@H]1[C@@H]2C. The highest BCUT2D eigenvalue weighted by Gasteiger charge is 2.54. The second kappa shape index (κ2) is 9.36. The molecule has 174 valence electrons. The van der Waals surface area contributed by atoms with E-state index >= 15 is 0 Å². The fraction of sp³-hybridized carbons (Fsp3) is 0.833. The van der Waals surface area contributed by atoms with Crippen molar-refractivity contribution in [1.82, 2.24) is 9.88 Å². The van der Waals surface area contributed by atoms with E-state index in [1.54, 1.807) is 11.3 Å². The first kappa shape index (κ1) is 23.0. The van der Waals surface area contributed by atoms with E-state index in [1.165, 1.54) is 17.0 Å². The Morgan fingerprint density at radius 3 is 2.87 bits per heavy atom. The Bertz CT molecular complexity index is 778. The molecule has 2 heterocycles.